The van der Waals surface area contributed by atoms with Gasteiger partial charge in [-0.3, -0.25) is 13.9 Å². The summed E-state index contributed by atoms with van der Waals surface area (Å²) in [6.07, 6.45) is 4.26. The molecule has 32 heavy (non-hydrogen) atoms. The Labute approximate surface area is 184 Å². The maximum atomic E-state index is 13.5. The van der Waals surface area contributed by atoms with Gasteiger partial charge >= 0.3 is 5.69 Å². The Kier molecular flexibility index (Phi) is 4.29. The van der Waals surface area contributed by atoms with Crippen molar-refractivity contribution in [1.82, 2.24) is 18.7 Å². The van der Waals surface area contributed by atoms with Crippen molar-refractivity contribution in [1.29, 1.82) is 5.26 Å². The molecule has 160 valence electrons. The number of benzene rings is 2. The van der Waals surface area contributed by atoms with Crippen molar-refractivity contribution in [3.8, 4) is 6.07 Å². The first-order valence-corrected chi connectivity index (χ1v) is 11.2. The molecule has 0 atom stereocenters. The molecule has 0 spiro atoms. The zero-order chi connectivity index (χ0) is 21.8. The van der Waals surface area contributed by atoms with Crippen LogP contribution in [0.25, 0.3) is 21.9 Å². The van der Waals surface area contributed by atoms with Gasteiger partial charge in [-0.2, -0.15) is 5.26 Å². The smallest absolute Gasteiger partial charge is 0.305 e. The standard InChI is InChI=1S/C25H23N5O2/c26-12-21-27-23-22(28(21)15-18-9-10-19-3-1-2-4-20(19)11-18)24(31)30(14-17-7-8-17)25(32)29(23)13-16-5-6-16/h1-4,9-11,16-17H,5-8,13-15H2. The lowest BCUT2D eigenvalue weighted by atomic mass is 10.1. The summed E-state index contributed by atoms with van der Waals surface area (Å²) in [4.78, 5) is 31.2. The predicted molar refractivity (Wildman–Crippen MR) is 121 cm³/mol. The number of nitrogens with zero attached hydrogens (tertiary/aromatic N) is 5. The highest BCUT2D eigenvalue weighted by atomic mass is 16.2. The van der Waals surface area contributed by atoms with Gasteiger partial charge in [0.2, 0.25) is 5.82 Å². The first-order valence-electron chi connectivity index (χ1n) is 11.2. The summed E-state index contributed by atoms with van der Waals surface area (Å²) in [5, 5.41) is 12.0. The van der Waals surface area contributed by atoms with Crippen LogP contribution in [0.5, 0.6) is 0 Å². The largest absolute Gasteiger partial charge is 0.332 e. The molecular weight excluding hydrogens is 402 g/mol. The van der Waals surface area contributed by atoms with E-state index in [0.717, 1.165) is 42.0 Å². The van der Waals surface area contributed by atoms with Crippen molar-refractivity contribution >= 4 is 21.9 Å². The van der Waals surface area contributed by atoms with E-state index in [2.05, 4.69) is 23.2 Å². The lowest BCUT2D eigenvalue weighted by molar-refractivity contribution is 0.519. The average molecular weight is 425 g/mol. The van der Waals surface area contributed by atoms with Gasteiger partial charge < -0.3 is 4.57 Å². The number of rotatable bonds is 6. The van der Waals surface area contributed by atoms with Crippen LogP contribution in [0.2, 0.25) is 0 Å². The highest BCUT2D eigenvalue weighted by Crippen LogP contribution is 2.32. The van der Waals surface area contributed by atoms with Gasteiger partial charge in [-0.05, 0) is 59.9 Å². The molecule has 0 bridgehead atoms. The Morgan fingerprint density at radius 3 is 2.28 bits per heavy atom. The first kappa shape index (κ1) is 19.1. The van der Waals surface area contributed by atoms with Gasteiger partial charge in [-0.25, -0.2) is 9.78 Å². The number of hydrogen-bond donors (Lipinski definition) is 0. The quantitative estimate of drug-likeness (QED) is 0.475. The maximum absolute atomic E-state index is 13.5. The minimum atomic E-state index is -0.335. The first-order chi connectivity index (χ1) is 15.6. The van der Waals surface area contributed by atoms with Crippen molar-refractivity contribution in [2.45, 2.75) is 45.3 Å². The van der Waals surface area contributed by atoms with Crippen molar-refractivity contribution in [3.05, 3.63) is 74.7 Å². The molecule has 0 unspecified atom stereocenters. The second-order valence-corrected chi connectivity index (χ2v) is 9.18. The number of nitriles is 1. The Balaban J connectivity index is 1.55. The third-order valence-electron chi connectivity index (χ3n) is 6.64. The molecule has 6 rings (SSSR count). The molecule has 2 aliphatic rings. The molecule has 7 nitrogen and oxygen atoms in total. The molecule has 0 N–H and O–H groups in total. The van der Waals surface area contributed by atoms with E-state index in [1.165, 1.54) is 4.57 Å². The summed E-state index contributed by atoms with van der Waals surface area (Å²) in [7, 11) is 0. The van der Waals surface area contributed by atoms with Crippen LogP contribution in [-0.4, -0.2) is 18.7 Å². The van der Waals surface area contributed by atoms with E-state index in [-0.39, 0.29) is 17.1 Å². The van der Waals surface area contributed by atoms with Gasteiger partial charge in [0.05, 0.1) is 6.54 Å². The minimum Gasteiger partial charge on any atom is -0.305 e. The van der Waals surface area contributed by atoms with E-state index in [0.29, 0.717) is 42.6 Å². The monoisotopic (exact) mass is 425 g/mol. The molecular formula is C25H23N5O2. The van der Waals surface area contributed by atoms with Gasteiger partial charge in [0, 0.05) is 13.1 Å². The van der Waals surface area contributed by atoms with Crippen LogP contribution in [0, 0.1) is 23.2 Å². The van der Waals surface area contributed by atoms with Gasteiger partial charge in [-0.1, -0.05) is 36.4 Å². The SMILES string of the molecule is N#Cc1nc2c(c(=O)n(CC3CC3)c(=O)n2CC2CC2)n1Cc1ccc2ccccc2c1. The fraction of sp³-hybridized carbons (Fsp3) is 0.360. The predicted octanol–water partition coefficient (Wildman–Crippen LogP) is 3.25. The Bertz CT molecular complexity index is 1530. The van der Waals surface area contributed by atoms with Gasteiger partial charge in [0.1, 0.15) is 6.07 Å². The number of aromatic nitrogens is 4. The summed E-state index contributed by atoms with van der Waals surface area (Å²) in [6, 6.07) is 16.4. The lowest BCUT2D eigenvalue weighted by Crippen LogP contribution is -2.41. The Morgan fingerprint density at radius 1 is 0.906 bits per heavy atom. The van der Waals surface area contributed by atoms with Crippen LogP contribution >= 0.6 is 0 Å². The maximum Gasteiger partial charge on any atom is 0.332 e. The molecule has 2 aromatic heterocycles. The third kappa shape index (κ3) is 3.23. The second kappa shape index (κ2) is 7.20. The summed E-state index contributed by atoms with van der Waals surface area (Å²) >= 11 is 0. The molecule has 7 heteroatoms. The summed E-state index contributed by atoms with van der Waals surface area (Å²) in [5.41, 5.74) is 1.05. The van der Waals surface area contributed by atoms with E-state index in [1.807, 2.05) is 30.3 Å². The fourth-order valence-corrected chi connectivity index (χ4v) is 4.49. The molecule has 0 amide bonds. The zero-order valence-corrected chi connectivity index (χ0v) is 17.7. The van der Waals surface area contributed by atoms with Crippen LogP contribution in [0.4, 0.5) is 0 Å². The topological polar surface area (TPSA) is 85.6 Å². The van der Waals surface area contributed by atoms with Crippen molar-refractivity contribution in [2.24, 2.45) is 11.8 Å². The lowest BCUT2D eigenvalue weighted by Gasteiger charge is -2.12. The summed E-state index contributed by atoms with van der Waals surface area (Å²) in [5.74, 6) is 0.997. The molecule has 0 radical (unpaired) electrons. The van der Waals surface area contributed by atoms with Gasteiger partial charge in [-0.15, -0.1) is 0 Å². The van der Waals surface area contributed by atoms with E-state index >= 15 is 0 Å². The van der Waals surface area contributed by atoms with Gasteiger partial charge in [0.25, 0.3) is 5.56 Å². The summed E-state index contributed by atoms with van der Waals surface area (Å²) in [6.45, 7) is 1.35. The second-order valence-electron chi connectivity index (χ2n) is 9.18. The van der Waals surface area contributed by atoms with Crippen LogP contribution in [0.3, 0.4) is 0 Å². The molecule has 2 fully saturated rings. The van der Waals surface area contributed by atoms with Crippen LogP contribution < -0.4 is 11.2 Å². The molecule has 2 aromatic carbocycles. The molecule has 2 saturated carbocycles. The van der Waals surface area contributed by atoms with E-state index < -0.39 is 0 Å². The summed E-state index contributed by atoms with van der Waals surface area (Å²) < 4.78 is 4.70. The zero-order valence-electron chi connectivity index (χ0n) is 17.7. The van der Waals surface area contributed by atoms with Crippen molar-refractivity contribution in [3.63, 3.8) is 0 Å². The Morgan fingerprint density at radius 2 is 1.59 bits per heavy atom. The van der Waals surface area contributed by atoms with Crippen molar-refractivity contribution < 1.29 is 0 Å². The molecule has 2 heterocycles. The number of imidazole rings is 1. The Hall–Kier alpha value is -3.66. The highest BCUT2D eigenvalue weighted by Gasteiger charge is 2.29. The van der Waals surface area contributed by atoms with E-state index in [4.69, 9.17) is 0 Å². The normalized spacial score (nSPS) is 16.0. The number of fused-ring (bicyclic) bond motifs is 2. The number of hydrogen-bond acceptors (Lipinski definition) is 4. The van der Waals surface area contributed by atoms with E-state index in [9.17, 15) is 14.9 Å². The third-order valence-corrected chi connectivity index (χ3v) is 6.64. The van der Waals surface area contributed by atoms with E-state index in [1.54, 1.807) is 9.13 Å². The fourth-order valence-electron chi connectivity index (χ4n) is 4.49. The van der Waals surface area contributed by atoms with Gasteiger partial charge in [0.15, 0.2) is 11.2 Å². The van der Waals surface area contributed by atoms with Crippen LogP contribution in [0.15, 0.2) is 52.1 Å². The average Bonchev–Trinajstić information content (AvgIpc) is 3.73. The van der Waals surface area contributed by atoms with Crippen molar-refractivity contribution in [2.75, 3.05) is 0 Å². The molecule has 0 aliphatic heterocycles. The highest BCUT2D eigenvalue weighted by molar-refractivity contribution is 5.83. The molecule has 2 aliphatic carbocycles. The van der Waals surface area contributed by atoms with Crippen LogP contribution in [-0.2, 0) is 19.6 Å². The van der Waals surface area contributed by atoms with Crippen LogP contribution in [0.1, 0.15) is 37.1 Å². The molecule has 4 aromatic rings. The molecule has 0 saturated heterocycles. The minimum absolute atomic E-state index is 0.165.